The Morgan fingerprint density at radius 1 is 1.16 bits per heavy atom. The third-order valence-corrected chi connectivity index (χ3v) is 5.81. The van der Waals surface area contributed by atoms with Crippen LogP contribution in [0.5, 0.6) is 0 Å². The number of carbonyl (C=O) groups is 4. The Hall–Kier alpha value is -1.49. The number of nitrogens with zero attached hydrogens (tertiary/aromatic N) is 1. The summed E-state index contributed by atoms with van der Waals surface area (Å²) in [4.78, 5) is 50.3. The Labute approximate surface area is 200 Å². The monoisotopic (exact) mass is 551 g/mol. The molecule has 0 radical (unpaired) electrons. The van der Waals surface area contributed by atoms with Crippen LogP contribution in [-0.2, 0) is 19.2 Å². The molecule has 0 aromatic rings. The number of ketones is 1. The molecule has 0 aromatic heterocycles. The van der Waals surface area contributed by atoms with E-state index in [2.05, 4.69) is 8.85 Å². The minimum absolute atomic E-state index is 0.0315. The van der Waals surface area contributed by atoms with E-state index >= 15 is 0 Å². The van der Waals surface area contributed by atoms with E-state index in [1.165, 1.54) is 0 Å². The molecule has 0 rings (SSSR count). The topological polar surface area (TPSA) is 116 Å². The number of rotatable bonds is 12. The van der Waals surface area contributed by atoms with Crippen molar-refractivity contribution >= 4 is 46.4 Å². The summed E-state index contributed by atoms with van der Waals surface area (Å²) in [5, 5.41) is 11.9. The fourth-order valence-electron chi connectivity index (χ4n) is 3.03. The Morgan fingerprint density at radius 2 is 1.71 bits per heavy atom. The number of hydrogen-bond donors (Lipinski definition) is 3. The number of carboxylic acids is 1. The van der Waals surface area contributed by atoms with Gasteiger partial charge in [0.15, 0.2) is 0 Å². The molecule has 1 unspecified atom stereocenters. The van der Waals surface area contributed by atoms with Gasteiger partial charge in [-0.05, 0) is 24.7 Å². The predicted molar refractivity (Wildman–Crippen MR) is 130 cm³/mol. The van der Waals surface area contributed by atoms with Crippen LogP contribution in [0, 0.1) is 11.3 Å². The molecule has 0 aromatic carbocycles. The van der Waals surface area contributed by atoms with Gasteiger partial charge in [0.1, 0.15) is 17.9 Å². The number of hydrogen-bond acceptors (Lipinski definition) is 5. The van der Waals surface area contributed by atoms with Crippen LogP contribution in [0.1, 0.15) is 67.7 Å². The number of halogens is 1. The largest absolute Gasteiger partial charge is 0.480 e. The number of likely N-dealkylation sites (N-methyl/N-ethyl adjacent to an activating group) is 1. The van der Waals surface area contributed by atoms with Crippen molar-refractivity contribution in [2.45, 2.75) is 85.9 Å². The molecule has 8 nitrogen and oxygen atoms in total. The summed E-state index contributed by atoms with van der Waals surface area (Å²) < 4.78 is 3.05. The molecule has 3 N–H and O–H groups in total. The Balaban J connectivity index is 5.53. The van der Waals surface area contributed by atoms with E-state index in [1.54, 1.807) is 31.9 Å². The lowest BCUT2D eigenvalue weighted by molar-refractivity contribution is -0.141. The normalized spacial score (nSPS) is 15.2. The highest BCUT2D eigenvalue weighted by Crippen LogP contribution is 2.24. The third-order valence-electron chi connectivity index (χ3n) is 5.19. The lowest BCUT2D eigenvalue weighted by Gasteiger charge is -2.36. The van der Waals surface area contributed by atoms with Crippen molar-refractivity contribution in [2.24, 2.45) is 11.3 Å². The fourth-order valence-corrected chi connectivity index (χ4v) is 4.23. The lowest BCUT2D eigenvalue weighted by Crippen LogP contribution is -2.52. The van der Waals surface area contributed by atoms with Crippen molar-refractivity contribution in [1.82, 2.24) is 13.7 Å². The van der Waals surface area contributed by atoms with Crippen molar-refractivity contribution in [3.8, 4) is 0 Å². The van der Waals surface area contributed by atoms with Gasteiger partial charge >= 0.3 is 5.97 Å². The van der Waals surface area contributed by atoms with E-state index in [-0.39, 0.29) is 41.9 Å². The van der Waals surface area contributed by atoms with Crippen LogP contribution in [0.15, 0.2) is 11.6 Å². The van der Waals surface area contributed by atoms with Crippen molar-refractivity contribution in [1.29, 1.82) is 0 Å². The highest BCUT2D eigenvalue weighted by atomic mass is 127. The summed E-state index contributed by atoms with van der Waals surface area (Å²) in [5.74, 6) is -1.82. The zero-order valence-corrected chi connectivity index (χ0v) is 22.1. The van der Waals surface area contributed by atoms with Gasteiger partial charge in [-0.25, -0.2) is 8.32 Å². The minimum Gasteiger partial charge on any atom is -0.480 e. The van der Waals surface area contributed by atoms with E-state index in [9.17, 15) is 24.3 Å². The van der Waals surface area contributed by atoms with Crippen LogP contribution in [-0.4, -0.2) is 58.7 Å². The maximum absolute atomic E-state index is 13.1. The molecule has 2 amide bonds. The highest BCUT2D eigenvalue weighted by molar-refractivity contribution is 14.1. The Kier molecular flexibility index (Phi) is 12.5. The summed E-state index contributed by atoms with van der Waals surface area (Å²) in [5.41, 5.74) is 0.0237. The smallest absolute Gasteiger partial charge is 0.326 e. The second kappa shape index (κ2) is 13.1. The van der Waals surface area contributed by atoms with E-state index in [0.717, 1.165) is 0 Å². The average molecular weight is 551 g/mol. The molecule has 31 heavy (non-hydrogen) atoms. The fraction of sp³-hybridized carbons (Fsp3) is 0.727. The first-order chi connectivity index (χ1) is 14.2. The molecular formula is C22H38IN3O5. The Morgan fingerprint density at radius 3 is 2.10 bits per heavy atom. The Bertz CT molecular complexity index is 685. The number of carboxylic acid groups (broad SMARTS) is 1. The van der Waals surface area contributed by atoms with Gasteiger partial charge in [0.05, 0.1) is 6.04 Å². The molecule has 178 valence electrons. The SMILES string of the molecule is CCC(=O)CCC(NC(=O)/C(C)=C/[C@H](C(C)C)N(C)C(=O)[C@@H](NI)C(C)(C)C)C(=O)O. The standard InChI is InChI=1S/C22H38IN3O5/c1-9-15(27)10-11-16(21(30)31)24-19(28)14(4)12-17(13(2)3)26(8)20(29)18(25-23)22(5,6)7/h12-13,16-18,25H,9-11H2,1-8H3,(H,24,28)(H,30,31)/b14-12+/t16?,17-,18-/m1/s1. The summed E-state index contributed by atoms with van der Waals surface area (Å²) >= 11 is 1.98. The van der Waals surface area contributed by atoms with E-state index in [4.69, 9.17) is 0 Å². The molecule has 0 aliphatic carbocycles. The molecular weight excluding hydrogens is 513 g/mol. The maximum Gasteiger partial charge on any atom is 0.326 e. The van der Waals surface area contributed by atoms with Crippen molar-refractivity contribution < 1.29 is 24.3 Å². The molecule has 0 aliphatic rings. The summed E-state index contributed by atoms with van der Waals surface area (Å²) in [6.45, 7) is 13.1. The van der Waals surface area contributed by atoms with Crippen LogP contribution in [0.3, 0.4) is 0 Å². The number of amides is 2. The summed E-state index contributed by atoms with van der Waals surface area (Å²) in [6, 6.07) is -1.90. The van der Waals surface area contributed by atoms with Crippen molar-refractivity contribution in [3.05, 3.63) is 11.6 Å². The molecule has 0 aliphatic heterocycles. The summed E-state index contributed by atoms with van der Waals surface area (Å²) in [6.07, 6.45) is 2.17. The first kappa shape index (κ1) is 29.5. The number of nitrogens with one attached hydrogen (secondary N) is 2. The van der Waals surface area contributed by atoms with Crippen molar-refractivity contribution in [2.75, 3.05) is 7.05 Å². The van der Waals surface area contributed by atoms with Crippen LogP contribution >= 0.6 is 22.9 Å². The maximum atomic E-state index is 13.1. The van der Waals surface area contributed by atoms with Gasteiger partial charge in [-0.1, -0.05) is 47.6 Å². The number of Topliss-reactive ketones (excluding diaryl/α,β-unsaturated/α-hetero) is 1. The molecule has 0 saturated carbocycles. The molecule has 0 heterocycles. The van der Waals surface area contributed by atoms with Gasteiger partial charge < -0.3 is 15.3 Å². The van der Waals surface area contributed by atoms with Gasteiger partial charge in [-0.3, -0.25) is 14.4 Å². The second-order valence-electron chi connectivity index (χ2n) is 9.24. The van der Waals surface area contributed by atoms with E-state index in [1.807, 2.05) is 57.5 Å². The van der Waals surface area contributed by atoms with Gasteiger partial charge in [0, 0.05) is 48.3 Å². The summed E-state index contributed by atoms with van der Waals surface area (Å²) in [7, 11) is 1.71. The van der Waals surface area contributed by atoms with Gasteiger partial charge in [0.2, 0.25) is 11.8 Å². The van der Waals surface area contributed by atoms with Gasteiger partial charge in [0.25, 0.3) is 0 Å². The predicted octanol–water partition coefficient (Wildman–Crippen LogP) is 3.10. The second-order valence-corrected chi connectivity index (χ2v) is 9.86. The quantitative estimate of drug-likeness (QED) is 0.195. The average Bonchev–Trinajstić information content (AvgIpc) is 2.66. The van der Waals surface area contributed by atoms with Crippen LogP contribution in [0.25, 0.3) is 0 Å². The first-order valence-corrected chi connectivity index (χ1v) is 11.6. The number of aliphatic carboxylic acids is 1. The van der Waals surface area contributed by atoms with E-state index in [0.29, 0.717) is 12.0 Å². The van der Waals surface area contributed by atoms with Gasteiger partial charge in [-0.2, -0.15) is 0 Å². The third kappa shape index (κ3) is 9.67. The highest BCUT2D eigenvalue weighted by Gasteiger charge is 2.35. The van der Waals surface area contributed by atoms with Gasteiger partial charge in [-0.15, -0.1) is 0 Å². The van der Waals surface area contributed by atoms with Crippen LogP contribution in [0.4, 0.5) is 0 Å². The first-order valence-electron chi connectivity index (χ1n) is 10.5. The molecule has 0 saturated heterocycles. The molecule has 0 bridgehead atoms. The number of carbonyl (C=O) groups excluding carboxylic acids is 3. The van der Waals surface area contributed by atoms with Crippen molar-refractivity contribution in [3.63, 3.8) is 0 Å². The molecule has 0 fully saturated rings. The minimum atomic E-state index is -1.18. The van der Waals surface area contributed by atoms with Crippen LogP contribution < -0.4 is 8.85 Å². The molecule has 9 heteroatoms. The molecule has 3 atom stereocenters. The van der Waals surface area contributed by atoms with Crippen LogP contribution in [0.2, 0.25) is 0 Å². The van der Waals surface area contributed by atoms with E-state index < -0.39 is 24.0 Å². The zero-order chi connectivity index (χ0) is 24.5. The molecule has 0 spiro atoms. The lowest BCUT2D eigenvalue weighted by atomic mass is 9.86. The zero-order valence-electron chi connectivity index (χ0n) is 19.9.